The van der Waals surface area contributed by atoms with Crippen LogP contribution in [0.2, 0.25) is 0 Å². The van der Waals surface area contributed by atoms with Gasteiger partial charge in [-0.1, -0.05) is 0 Å². The van der Waals surface area contributed by atoms with Gasteiger partial charge < -0.3 is 10.2 Å². The van der Waals surface area contributed by atoms with E-state index in [4.69, 9.17) is 0 Å². The first-order valence-corrected chi connectivity index (χ1v) is 8.71. The molecule has 0 aromatic rings. The lowest BCUT2D eigenvalue weighted by molar-refractivity contribution is 0.208. The zero-order chi connectivity index (χ0) is 14.5. The van der Waals surface area contributed by atoms with E-state index < -0.39 is 14.6 Å². The Kier molecular flexibility index (Phi) is 6.23. The third-order valence-corrected chi connectivity index (χ3v) is 6.27. The summed E-state index contributed by atoms with van der Waals surface area (Å²) >= 11 is 0. The molecule has 114 valence electrons. The maximum Gasteiger partial charge on any atom is 0.156 e. The summed E-state index contributed by atoms with van der Waals surface area (Å²) in [7, 11) is -1.00. The highest BCUT2D eigenvalue weighted by Gasteiger charge is 2.28. The summed E-state index contributed by atoms with van der Waals surface area (Å²) in [6, 6.07) is 0. The molecule has 1 heterocycles. The van der Waals surface area contributed by atoms with Gasteiger partial charge in [-0.15, -0.1) is 0 Å². The van der Waals surface area contributed by atoms with Crippen LogP contribution in [-0.4, -0.2) is 81.6 Å². The molecule has 6 heteroatoms. The highest BCUT2D eigenvalue weighted by Crippen LogP contribution is 2.15. The number of nitrogens with one attached hydrogen (secondary N) is 1. The van der Waals surface area contributed by atoms with Gasteiger partial charge in [-0.25, -0.2) is 8.42 Å². The Bertz CT molecular complexity index is 357. The number of piperazine rings is 1. The van der Waals surface area contributed by atoms with E-state index in [-0.39, 0.29) is 5.75 Å². The summed E-state index contributed by atoms with van der Waals surface area (Å²) in [6.45, 7) is 12.2. The number of hydrogen-bond acceptors (Lipinski definition) is 5. The van der Waals surface area contributed by atoms with E-state index in [1.165, 1.54) is 0 Å². The molecule has 1 saturated heterocycles. The molecule has 0 aromatic heterocycles. The van der Waals surface area contributed by atoms with Gasteiger partial charge in [0, 0.05) is 45.8 Å². The number of hydrogen-bond donors (Lipinski definition) is 1. The minimum absolute atomic E-state index is 0.245. The SMILES string of the molecule is CN(CCN1CCNCC1)CCS(=O)(=O)C(C)(C)C. The van der Waals surface area contributed by atoms with Crippen LogP contribution >= 0.6 is 0 Å². The van der Waals surface area contributed by atoms with Crippen molar-refractivity contribution >= 4 is 9.84 Å². The van der Waals surface area contributed by atoms with Gasteiger partial charge >= 0.3 is 0 Å². The Labute approximate surface area is 118 Å². The summed E-state index contributed by atoms with van der Waals surface area (Å²) in [5, 5.41) is 3.33. The molecule has 0 atom stereocenters. The van der Waals surface area contributed by atoms with Gasteiger partial charge in [0.15, 0.2) is 9.84 Å². The lowest BCUT2D eigenvalue weighted by atomic mass is 10.3. The van der Waals surface area contributed by atoms with E-state index in [0.717, 1.165) is 39.3 Å². The van der Waals surface area contributed by atoms with Crippen molar-refractivity contribution in [3.63, 3.8) is 0 Å². The minimum atomic E-state index is -3.00. The van der Waals surface area contributed by atoms with Crippen molar-refractivity contribution in [2.24, 2.45) is 0 Å². The van der Waals surface area contributed by atoms with Crippen LogP contribution in [0.5, 0.6) is 0 Å². The van der Waals surface area contributed by atoms with Crippen molar-refractivity contribution in [1.82, 2.24) is 15.1 Å². The maximum absolute atomic E-state index is 12.0. The van der Waals surface area contributed by atoms with Crippen molar-refractivity contribution in [3.8, 4) is 0 Å². The third-order valence-electron chi connectivity index (χ3n) is 3.68. The van der Waals surface area contributed by atoms with Gasteiger partial charge in [-0.2, -0.15) is 0 Å². The van der Waals surface area contributed by atoms with Gasteiger partial charge in [-0.05, 0) is 27.8 Å². The molecule has 0 aromatic carbocycles. The molecule has 0 unspecified atom stereocenters. The van der Waals surface area contributed by atoms with Crippen molar-refractivity contribution in [2.45, 2.75) is 25.5 Å². The first-order chi connectivity index (χ1) is 8.72. The van der Waals surface area contributed by atoms with Gasteiger partial charge in [0.25, 0.3) is 0 Å². The quantitative estimate of drug-likeness (QED) is 0.749. The predicted octanol–water partition coefficient (Wildman–Crippen LogP) is 0.0367. The summed E-state index contributed by atoms with van der Waals surface area (Å²) in [5.41, 5.74) is 0. The molecular formula is C13H29N3O2S. The van der Waals surface area contributed by atoms with E-state index in [1.54, 1.807) is 20.8 Å². The Balaban J connectivity index is 2.26. The van der Waals surface area contributed by atoms with E-state index in [0.29, 0.717) is 6.54 Å². The lowest BCUT2D eigenvalue weighted by Gasteiger charge is -2.29. The first-order valence-electron chi connectivity index (χ1n) is 7.06. The van der Waals surface area contributed by atoms with Crippen molar-refractivity contribution < 1.29 is 8.42 Å². The molecule has 0 amide bonds. The lowest BCUT2D eigenvalue weighted by Crippen LogP contribution is -2.46. The molecule has 0 bridgehead atoms. The minimum Gasteiger partial charge on any atom is -0.314 e. The standard InChI is InChI=1S/C13H29N3O2S/c1-13(2,3)19(17,18)12-11-15(4)9-10-16-7-5-14-6-8-16/h14H,5-12H2,1-4H3. The summed E-state index contributed by atoms with van der Waals surface area (Å²) < 4.78 is 23.4. The molecule has 0 aliphatic carbocycles. The Hall–Kier alpha value is -0.170. The predicted molar refractivity (Wildman–Crippen MR) is 80.3 cm³/mol. The average Bonchev–Trinajstić information content (AvgIpc) is 2.34. The number of rotatable bonds is 6. The average molecular weight is 291 g/mol. The Morgan fingerprint density at radius 2 is 1.74 bits per heavy atom. The number of sulfone groups is 1. The van der Waals surface area contributed by atoms with Crippen molar-refractivity contribution in [2.75, 3.05) is 58.6 Å². The van der Waals surface area contributed by atoms with Gasteiger partial charge in [0.2, 0.25) is 0 Å². The van der Waals surface area contributed by atoms with Crippen LogP contribution in [-0.2, 0) is 9.84 Å². The molecule has 1 rings (SSSR count). The fourth-order valence-corrected chi connectivity index (χ4v) is 3.11. The largest absolute Gasteiger partial charge is 0.314 e. The van der Waals surface area contributed by atoms with Gasteiger partial charge in [-0.3, -0.25) is 4.90 Å². The molecule has 1 aliphatic heterocycles. The van der Waals surface area contributed by atoms with Crippen LogP contribution in [0.15, 0.2) is 0 Å². The summed E-state index contributed by atoms with van der Waals surface area (Å²) in [6.07, 6.45) is 0. The second kappa shape index (κ2) is 7.02. The smallest absolute Gasteiger partial charge is 0.156 e. The van der Waals surface area contributed by atoms with Gasteiger partial charge in [0.1, 0.15) is 0 Å². The van der Waals surface area contributed by atoms with Crippen LogP contribution < -0.4 is 5.32 Å². The van der Waals surface area contributed by atoms with Crippen LogP contribution in [0.1, 0.15) is 20.8 Å². The fraction of sp³-hybridized carbons (Fsp3) is 1.00. The van der Waals surface area contributed by atoms with E-state index in [9.17, 15) is 8.42 Å². The number of likely N-dealkylation sites (N-methyl/N-ethyl adjacent to an activating group) is 1. The third kappa shape index (κ3) is 5.77. The molecule has 5 nitrogen and oxygen atoms in total. The van der Waals surface area contributed by atoms with Crippen molar-refractivity contribution in [3.05, 3.63) is 0 Å². The topological polar surface area (TPSA) is 52.6 Å². The second-order valence-electron chi connectivity index (χ2n) is 6.33. The zero-order valence-corrected chi connectivity index (χ0v) is 13.6. The zero-order valence-electron chi connectivity index (χ0n) is 12.8. The molecular weight excluding hydrogens is 262 g/mol. The van der Waals surface area contributed by atoms with Crippen LogP contribution in [0.25, 0.3) is 0 Å². The molecule has 0 spiro atoms. The molecule has 19 heavy (non-hydrogen) atoms. The fourth-order valence-electron chi connectivity index (χ4n) is 1.94. The Morgan fingerprint density at radius 1 is 1.16 bits per heavy atom. The van der Waals surface area contributed by atoms with Crippen LogP contribution in [0.3, 0.4) is 0 Å². The first kappa shape index (κ1) is 16.9. The monoisotopic (exact) mass is 291 g/mol. The maximum atomic E-state index is 12.0. The van der Waals surface area contributed by atoms with Crippen LogP contribution in [0, 0.1) is 0 Å². The normalized spacial score (nSPS) is 19.0. The number of nitrogens with zero attached hydrogens (tertiary/aromatic N) is 2. The van der Waals surface area contributed by atoms with Crippen molar-refractivity contribution in [1.29, 1.82) is 0 Å². The summed E-state index contributed by atoms with van der Waals surface area (Å²) in [5.74, 6) is 0.245. The summed E-state index contributed by atoms with van der Waals surface area (Å²) in [4.78, 5) is 4.54. The Morgan fingerprint density at radius 3 is 2.26 bits per heavy atom. The van der Waals surface area contributed by atoms with E-state index in [1.807, 2.05) is 7.05 Å². The molecule has 1 N–H and O–H groups in total. The highest BCUT2D eigenvalue weighted by atomic mass is 32.2. The van der Waals surface area contributed by atoms with Gasteiger partial charge in [0.05, 0.1) is 10.5 Å². The molecule has 0 radical (unpaired) electrons. The molecule has 1 aliphatic rings. The van der Waals surface area contributed by atoms with E-state index >= 15 is 0 Å². The van der Waals surface area contributed by atoms with E-state index in [2.05, 4.69) is 15.1 Å². The van der Waals surface area contributed by atoms with Crippen LogP contribution in [0.4, 0.5) is 0 Å². The molecule has 0 saturated carbocycles. The molecule has 1 fully saturated rings. The second-order valence-corrected chi connectivity index (χ2v) is 9.19. The highest BCUT2D eigenvalue weighted by molar-refractivity contribution is 7.92.